The van der Waals surface area contributed by atoms with Crippen LogP contribution in [-0.4, -0.2) is 48.7 Å². The number of hydrogen-bond donors (Lipinski definition) is 1. The minimum Gasteiger partial charge on any atom is -0.480 e. The Morgan fingerprint density at radius 1 is 1.26 bits per heavy atom. The zero-order chi connectivity index (χ0) is 14.4. The van der Waals surface area contributed by atoms with Crippen LogP contribution in [-0.2, 0) is 9.53 Å². The molecule has 0 bridgehead atoms. The van der Waals surface area contributed by atoms with Gasteiger partial charge in [-0.25, -0.2) is 0 Å². The summed E-state index contributed by atoms with van der Waals surface area (Å²) in [6, 6.07) is 5.56. The van der Waals surface area contributed by atoms with E-state index in [1.165, 1.54) is 12.0 Å². The van der Waals surface area contributed by atoms with Crippen LogP contribution in [0.25, 0.3) is 0 Å². The molecule has 104 valence electrons. The third-order valence-electron chi connectivity index (χ3n) is 2.87. The minimum absolute atomic E-state index is 0.259. The number of hydrogen-bond acceptors (Lipinski definition) is 3. The summed E-state index contributed by atoms with van der Waals surface area (Å²) >= 11 is 0. The predicted molar refractivity (Wildman–Crippen MR) is 71.3 cm³/mol. The van der Waals surface area contributed by atoms with Gasteiger partial charge in [0.25, 0.3) is 5.91 Å². The van der Waals surface area contributed by atoms with Gasteiger partial charge in [-0.15, -0.1) is 0 Å². The maximum atomic E-state index is 12.4. The Bertz CT molecular complexity index is 450. The Hall–Kier alpha value is -1.88. The van der Waals surface area contributed by atoms with Crippen LogP contribution in [0, 0.1) is 13.8 Å². The molecule has 0 fully saturated rings. The summed E-state index contributed by atoms with van der Waals surface area (Å²) in [6.45, 7) is 3.93. The van der Waals surface area contributed by atoms with Crippen LogP contribution < -0.4 is 0 Å². The second-order valence-electron chi connectivity index (χ2n) is 4.38. The Morgan fingerprint density at radius 2 is 1.84 bits per heavy atom. The van der Waals surface area contributed by atoms with Gasteiger partial charge >= 0.3 is 5.97 Å². The molecule has 0 radical (unpaired) electrons. The van der Waals surface area contributed by atoms with Crippen molar-refractivity contribution in [3.8, 4) is 0 Å². The van der Waals surface area contributed by atoms with Gasteiger partial charge in [-0.3, -0.25) is 9.59 Å². The van der Waals surface area contributed by atoms with Crippen molar-refractivity contribution in [1.82, 2.24) is 4.90 Å². The third kappa shape index (κ3) is 4.06. The van der Waals surface area contributed by atoms with Crippen molar-refractivity contribution in [2.75, 3.05) is 26.8 Å². The van der Waals surface area contributed by atoms with E-state index < -0.39 is 5.97 Å². The molecule has 0 unspecified atom stereocenters. The molecule has 5 heteroatoms. The summed E-state index contributed by atoms with van der Waals surface area (Å²) < 4.78 is 4.91. The van der Waals surface area contributed by atoms with Gasteiger partial charge < -0.3 is 14.7 Å². The molecular weight excluding hydrogens is 246 g/mol. The van der Waals surface area contributed by atoms with Gasteiger partial charge in [-0.2, -0.15) is 0 Å². The van der Waals surface area contributed by atoms with Crippen molar-refractivity contribution in [3.63, 3.8) is 0 Å². The number of amides is 1. The lowest BCUT2D eigenvalue weighted by molar-refractivity contribution is -0.137. The second kappa shape index (κ2) is 6.89. The number of nitrogens with zero attached hydrogens (tertiary/aromatic N) is 1. The number of carboxylic acids is 1. The highest BCUT2D eigenvalue weighted by atomic mass is 16.5. The predicted octanol–water partition coefficient (Wildman–Crippen LogP) is 1.48. The molecule has 0 heterocycles. The maximum absolute atomic E-state index is 12.4. The van der Waals surface area contributed by atoms with E-state index in [0.717, 1.165) is 11.1 Å². The minimum atomic E-state index is -1.03. The molecule has 1 aromatic carbocycles. The second-order valence-corrected chi connectivity index (χ2v) is 4.38. The third-order valence-corrected chi connectivity index (χ3v) is 2.87. The Labute approximate surface area is 112 Å². The molecule has 0 aromatic heterocycles. The summed E-state index contributed by atoms with van der Waals surface area (Å²) in [4.78, 5) is 24.6. The molecule has 0 aliphatic heterocycles. The van der Waals surface area contributed by atoms with Crippen LogP contribution in [0.4, 0.5) is 0 Å². The standard InChI is InChI=1S/C14H19NO4/c1-10-5-4-6-11(2)13(10)14(18)15(7-8-19-3)9-12(16)17/h4-6H,7-9H2,1-3H3,(H,16,17). The fourth-order valence-corrected chi connectivity index (χ4v) is 1.93. The smallest absolute Gasteiger partial charge is 0.323 e. The van der Waals surface area contributed by atoms with Crippen LogP contribution in [0.1, 0.15) is 21.5 Å². The SMILES string of the molecule is COCCN(CC(=O)O)C(=O)c1c(C)cccc1C. The fraction of sp³-hybridized carbons (Fsp3) is 0.429. The molecule has 19 heavy (non-hydrogen) atoms. The Balaban J connectivity index is 3.01. The lowest BCUT2D eigenvalue weighted by Gasteiger charge is -2.22. The molecule has 0 atom stereocenters. The molecule has 0 spiro atoms. The van der Waals surface area contributed by atoms with Crippen LogP contribution in [0.2, 0.25) is 0 Å². The number of ether oxygens (including phenoxy) is 1. The van der Waals surface area contributed by atoms with Crippen molar-refractivity contribution >= 4 is 11.9 Å². The largest absolute Gasteiger partial charge is 0.480 e. The molecule has 1 N–H and O–H groups in total. The maximum Gasteiger partial charge on any atom is 0.323 e. The van der Waals surface area contributed by atoms with Crippen LogP contribution >= 0.6 is 0 Å². The van der Waals surface area contributed by atoms with Gasteiger partial charge in [0.1, 0.15) is 6.54 Å². The number of rotatable bonds is 6. The highest BCUT2D eigenvalue weighted by molar-refractivity contribution is 5.98. The van der Waals surface area contributed by atoms with Crippen LogP contribution in [0.15, 0.2) is 18.2 Å². The van der Waals surface area contributed by atoms with Gasteiger partial charge in [0.15, 0.2) is 0 Å². The molecule has 1 amide bonds. The van der Waals surface area contributed by atoms with Crippen LogP contribution in [0.5, 0.6) is 0 Å². The molecule has 1 rings (SSSR count). The molecule has 0 saturated heterocycles. The Kier molecular flexibility index (Phi) is 5.51. The van der Waals surface area contributed by atoms with E-state index in [0.29, 0.717) is 12.2 Å². The summed E-state index contributed by atoms with van der Waals surface area (Å²) in [5.74, 6) is -1.30. The topological polar surface area (TPSA) is 66.8 Å². The first-order valence-corrected chi connectivity index (χ1v) is 6.03. The van der Waals surface area contributed by atoms with Gasteiger partial charge in [-0.05, 0) is 25.0 Å². The zero-order valence-corrected chi connectivity index (χ0v) is 11.5. The average molecular weight is 265 g/mol. The summed E-state index contributed by atoms with van der Waals surface area (Å²) in [7, 11) is 1.52. The molecule has 0 saturated carbocycles. The van der Waals surface area contributed by atoms with E-state index in [-0.39, 0.29) is 19.0 Å². The van der Waals surface area contributed by atoms with Crippen LogP contribution in [0.3, 0.4) is 0 Å². The molecule has 0 aliphatic carbocycles. The van der Waals surface area contributed by atoms with Crippen molar-refractivity contribution in [1.29, 1.82) is 0 Å². The Morgan fingerprint density at radius 3 is 2.32 bits per heavy atom. The number of benzene rings is 1. The van der Waals surface area contributed by atoms with Crippen molar-refractivity contribution < 1.29 is 19.4 Å². The first-order valence-electron chi connectivity index (χ1n) is 6.03. The van der Waals surface area contributed by atoms with E-state index in [9.17, 15) is 9.59 Å². The van der Waals surface area contributed by atoms with Crippen molar-refractivity contribution in [3.05, 3.63) is 34.9 Å². The molecule has 0 aliphatic rings. The highest BCUT2D eigenvalue weighted by Gasteiger charge is 2.21. The van der Waals surface area contributed by atoms with Gasteiger partial charge in [0, 0.05) is 19.2 Å². The summed E-state index contributed by atoms with van der Waals surface area (Å²) in [5, 5.41) is 8.88. The zero-order valence-electron chi connectivity index (χ0n) is 11.5. The lowest BCUT2D eigenvalue weighted by atomic mass is 10.0. The van der Waals surface area contributed by atoms with E-state index in [4.69, 9.17) is 9.84 Å². The van der Waals surface area contributed by atoms with Gasteiger partial charge in [-0.1, -0.05) is 18.2 Å². The summed E-state index contributed by atoms with van der Waals surface area (Å²) in [5.41, 5.74) is 2.26. The lowest BCUT2D eigenvalue weighted by Crippen LogP contribution is -2.38. The average Bonchev–Trinajstić information content (AvgIpc) is 2.33. The first kappa shape index (κ1) is 15.2. The van der Waals surface area contributed by atoms with E-state index in [2.05, 4.69) is 0 Å². The fourth-order valence-electron chi connectivity index (χ4n) is 1.93. The van der Waals surface area contributed by atoms with Gasteiger partial charge in [0.2, 0.25) is 0 Å². The van der Waals surface area contributed by atoms with Gasteiger partial charge in [0.05, 0.1) is 6.61 Å². The molecular formula is C14H19NO4. The number of aliphatic carboxylic acids is 1. The monoisotopic (exact) mass is 265 g/mol. The van der Waals surface area contributed by atoms with E-state index in [1.807, 2.05) is 32.0 Å². The quantitative estimate of drug-likeness (QED) is 0.846. The molecule has 1 aromatic rings. The van der Waals surface area contributed by atoms with E-state index >= 15 is 0 Å². The number of aryl methyl sites for hydroxylation is 2. The normalized spacial score (nSPS) is 10.3. The van der Waals surface area contributed by atoms with Crippen molar-refractivity contribution in [2.45, 2.75) is 13.8 Å². The number of methoxy groups -OCH3 is 1. The summed E-state index contributed by atoms with van der Waals surface area (Å²) in [6.07, 6.45) is 0. The van der Waals surface area contributed by atoms with E-state index in [1.54, 1.807) is 0 Å². The molecule has 5 nitrogen and oxygen atoms in total. The number of carbonyl (C=O) groups is 2. The van der Waals surface area contributed by atoms with Crippen molar-refractivity contribution in [2.24, 2.45) is 0 Å². The number of carboxylic acid groups (broad SMARTS) is 1. The number of carbonyl (C=O) groups excluding carboxylic acids is 1. The first-order chi connectivity index (χ1) is 8.97. The highest BCUT2D eigenvalue weighted by Crippen LogP contribution is 2.15.